The van der Waals surface area contributed by atoms with Gasteiger partial charge in [-0.25, -0.2) is 0 Å². The molecule has 1 aliphatic rings. The van der Waals surface area contributed by atoms with Crippen LogP contribution in [0.5, 0.6) is 0 Å². The Labute approximate surface area is 103 Å². The van der Waals surface area contributed by atoms with Gasteiger partial charge in [-0.2, -0.15) is 0 Å². The first-order valence-corrected chi connectivity index (χ1v) is 7.31. The van der Waals surface area contributed by atoms with E-state index in [9.17, 15) is 0 Å². The molecule has 0 aromatic carbocycles. The second kappa shape index (κ2) is 5.33. The smallest absolute Gasteiger partial charge is 0.00896 e. The summed E-state index contributed by atoms with van der Waals surface area (Å²) < 4.78 is 0. The Bertz CT molecular complexity index is 299. The molecule has 1 N–H and O–H groups in total. The molecule has 16 heavy (non-hydrogen) atoms. The normalized spacial score (nSPS) is 26.8. The summed E-state index contributed by atoms with van der Waals surface area (Å²) in [7, 11) is 0. The third-order valence-corrected chi connectivity index (χ3v) is 4.62. The Morgan fingerprint density at radius 2 is 2.12 bits per heavy atom. The summed E-state index contributed by atoms with van der Waals surface area (Å²) in [6.45, 7) is 6.99. The fourth-order valence-electron chi connectivity index (χ4n) is 2.53. The highest BCUT2D eigenvalue weighted by Gasteiger charge is 2.31. The van der Waals surface area contributed by atoms with Crippen LogP contribution in [0.25, 0.3) is 0 Å². The number of hydrogen-bond donors (Lipinski definition) is 1. The fraction of sp³-hybridized carbons (Fsp3) is 0.714. The maximum atomic E-state index is 3.75. The van der Waals surface area contributed by atoms with Crippen LogP contribution < -0.4 is 5.32 Å². The van der Waals surface area contributed by atoms with Gasteiger partial charge in [0.15, 0.2) is 0 Å². The lowest BCUT2D eigenvalue weighted by Crippen LogP contribution is -2.47. The van der Waals surface area contributed by atoms with Crippen LogP contribution in [0.1, 0.15) is 38.5 Å². The van der Waals surface area contributed by atoms with E-state index in [0.29, 0.717) is 6.04 Å². The molecular weight excluding hydrogens is 214 g/mol. The third-order valence-electron chi connectivity index (χ3n) is 3.73. The summed E-state index contributed by atoms with van der Waals surface area (Å²) in [5.41, 5.74) is 0. The van der Waals surface area contributed by atoms with Crippen molar-refractivity contribution in [1.82, 2.24) is 5.32 Å². The van der Waals surface area contributed by atoms with Gasteiger partial charge in [-0.05, 0) is 49.5 Å². The average molecular weight is 237 g/mol. The number of rotatable bonds is 5. The zero-order valence-electron chi connectivity index (χ0n) is 10.6. The molecule has 90 valence electrons. The van der Waals surface area contributed by atoms with Crippen LogP contribution in [0.3, 0.4) is 0 Å². The molecule has 1 heterocycles. The van der Waals surface area contributed by atoms with Gasteiger partial charge in [-0.15, -0.1) is 11.3 Å². The van der Waals surface area contributed by atoms with E-state index in [1.807, 2.05) is 11.3 Å². The summed E-state index contributed by atoms with van der Waals surface area (Å²) >= 11 is 1.87. The van der Waals surface area contributed by atoms with Crippen LogP contribution in [0, 0.1) is 11.8 Å². The molecular formula is C14H23NS. The Hall–Kier alpha value is -0.340. The maximum Gasteiger partial charge on any atom is 0.00896 e. The van der Waals surface area contributed by atoms with Crippen molar-refractivity contribution in [2.45, 2.75) is 52.1 Å². The highest BCUT2D eigenvalue weighted by Crippen LogP contribution is 2.33. The number of thiophene rings is 1. The molecule has 1 aromatic heterocycles. The minimum Gasteiger partial charge on any atom is -0.311 e. The van der Waals surface area contributed by atoms with E-state index in [2.05, 4.69) is 43.6 Å². The lowest BCUT2D eigenvalue weighted by molar-refractivity contribution is 0.159. The summed E-state index contributed by atoms with van der Waals surface area (Å²) in [5.74, 6) is 1.83. The van der Waals surface area contributed by atoms with E-state index in [0.717, 1.165) is 17.9 Å². The first-order valence-electron chi connectivity index (χ1n) is 6.43. The molecule has 1 atom stereocenters. The molecule has 2 heteroatoms. The summed E-state index contributed by atoms with van der Waals surface area (Å²) in [6.07, 6.45) is 3.94. The van der Waals surface area contributed by atoms with Gasteiger partial charge in [-0.3, -0.25) is 0 Å². The van der Waals surface area contributed by atoms with E-state index < -0.39 is 0 Å². The molecule has 0 radical (unpaired) electrons. The van der Waals surface area contributed by atoms with Crippen LogP contribution in [0.2, 0.25) is 0 Å². The minimum absolute atomic E-state index is 0.622. The predicted molar refractivity (Wildman–Crippen MR) is 72.0 cm³/mol. The predicted octanol–water partition coefficient (Wildman–Crippen LogP) is 3.70. The van der Waals surface area contributed by atoms with Gasteiger partial charge in [0, 0.05) is 17.0 Å². The molecule has 0 spiro atoms. The van der Waals surface area contributed by atoms with Crippen LogP contribution in [-0.4, -0.2) is 12.1 Å². The molecule has 1 fully saturated rings. The van der Waals surface area contributed by atoms with Crippen LogP contribution in [-0.2, 0) is 6.42 Å². The molecule has 2 rings (SSSR count). The van der Waals surface area contributed by atoms with Crippen LogP contribution in [0.15, 0.2) is 17.5 Å². The van der Waals surface area contributed by atoms with Crippen molar-refractivity contribution >= 4 is 11.3 Å². The second-order valence-corrected chi connectivity index (χ2v) is 6.56. The van der Waals surface area contributed by atoms with E-state index in [1.54, 1.807) is 0 Å². The molecule has 1 nitrogen and oxygen atoms in total. The molecule has 1 saturated carbocycles. The molecule has 0 bridgehead atoms. The van der Waals surface area contributed by atoms with E-state index in [-0.39, 0.29) is 0 Å². The van der Waals surface area contributed by atoms with Gasteiger partial charge in [-0.1, -0.05) is 19.9 Å². The van der Waals surface area contributed by atoms with Gasteiger partial charge in [0.05, 0.1) is 0 Å². The topological polar surface area (TPSA) is 12.0 Å². The first-order chi connectivity index (χ1) is 7.65. The van der Waals surface area contributed by atoms with Crippen molar-refractivity contribution in [3.05, 3.63) is 22.4 Å². The SMILES string of the molecule is CC(Cc1cccs1)NC1CC(C(C)C)C1. The molecule has 1 unspecified atom stereocenters. The minimum atomic E-state index is 0.622. The van der Waals surface area contributed by atoms with Crippen molar-refractivity contribution in [3.63, 3.8) is 0 Å². The van der Waals surface area contributed by atoms with E-state index in [4.69, 9.17) is 0 Å². The van der Waals surface area contributed by atoms with Gasteiger partial charge in [0.2, 0.25) is 0 Å². The van der Waals surface area contributed by atoms with Gasteiger partial charge in [0.1, 0.15) is 0 Å². The lowest BCUT2D eigenvalue weighted by Gasteiger charge is -2.40. The Morgan fingerprint density at radius 3 is 2.69 bits per heavy atom. The van der Waals surface area contributed by atoms with Crippen LogP contribution in [0.4, 0.5) is 0 Å². The zero-order valence-corrected chi connectivity index (χ0v) is 11.4. The van der Waals surface area contributed by atoms with E-state index >= 15 is 0 Å². The van der Waals surface area contributed by atoms with Crippen molar-refractivity contribution in [1.29, 1.82) is 0 Å². The molecule has 0 saturated heterocycles. The summed E-state index contributed by atoms with van der Waals surface area (Å²) in [5, 5.41) is 5.91. The highest BCUT2D eigenvalue weighted by atomic mass is 32.1. The Kier molecular flexibility index (Phi) is 4.04. The average Bonchev–Trinajstić information content (AvgIpc) is 2.62. The third kappa shape index (κ3) is 3.08. The lowest BCUT2D eigenvalue weighted by atomic mass is 9.73. The van der Waals surface area contributed by atoms with Crippen molar-refractivity contribution in [2.75, 3.05) is 0 Å². The van der Waals surface area contributed by atoms with Gasteiger partial charge >= 0.3 is 0 Å². The van der Waals surface area contributed by atoms with Crippen molar-refractivity contribution < 1.29 is 0 Å². The van der Waals surface area contributed by atoms with Gasteiger partial charge < -0.3 is 5.32 Å². The highest BCUT2D eigenvalue weighted by molar-refractivity contribution is 7.09. The fourth-order valence-corrected chi connectivity index (χ4v) is 3.37. The standard InChI is InChI=1S/C14H23NS/c1-10(2)12-8-13(9-12)15-11(3)7-14-5-4-6-16-14/h4-6,10-13,15H,7-9H2,1-3H3. The number of nitrogens with one attached hydrogen (secondary N) is 1. The molecule has 1 aliphatic carbocycles. The molecule has 0 amide bonds. The summed E-state index contributed by atoms with van der Waals surface area (Å²) in [6, 6.07) is 5.78. The summed E-state index contributed by atoms with van der Waals surface area (Å²) in [4.78, 5) is 1.50. The largest absolute Gasteiger partial charge is 0.311 e. The maximum absolute atomic E-state index is 3.75. The van der Waals surface area contributed by atoms with Crippen LogP contribution >= 0.6 is 11.3 Å². The van der Waals surface area contributed by atoms with Crippen molar-refractivity contribution in [3.8, 4) is 0 Å². The number of hydrogen-bond acceptors (Lipinski definition) is 2. The Morgan fingerprint density at radius 1 is 1.38 bits per heavy atom. The molecule has 0 aliphatic heterocycles. The van der Waals surface area contributed by atoms with Crippen molar-refractivity contribution in [2.24, 2.45) is 11.8 Å². The van der Waals surface area contributed by atoms with Gasteiger partial charge in [0.25, 0.3) is 0 Å². The quantitative estimate of drug-likeness (QED) is 0.823. The Balaban J connectivity index is 1.67. The zero-order chi connectivity index (χ0) is 11.5. The molecule has 1 aromatic rings. The monoisotopic (exact) mass is 237 g/mol. The van der Waals surface area contributed by atoms with E-state index in [1.165, 1.54) is 24.1 Å². The second-order valence-electron chi connectivity index (χ2n) is 5.52. The first kappa shape index (κ1) is 12.1.